The molecule has 0 aromatic carbocycles. The number of hydrogen-bond acceptors (Lipinski definition) is 5. The van der Waals surface area contributed by atoms with Crippen LogP contribution in [0.5, 0.6) is 0 Å². The molecule has 2 N–H and O–H groups in total. The van der Waals surface area contributed by atoms with Gasteiger partial charge >= 0.3 is 5.69 Å². The molecule has 0 bridgehead atoms. The molecule has 4 rings (SSSR count). The molecule has 0 unspecified atom stereocenters. The van der Waals surface area contributed by atoms with Crippen molar-refractivity contribution in [3.8, 4) is 0 Å². The lowest BCUT2D eigenvalue weighted by molar-refractivity contribution is -0.0813. The first kappa shape index (κ1) is 13.5. The molecule has 2 aliphatic heterocycles. The Morgan fingerprint density at radius 2 is 2.05 bits per heavy atom. The maximum Gasteiger partial charge on any atom is 0.325 e. The summed E-state index contributed by atoms with van der Waals surface area (Å²) in [6.07, 6.45) is 3.14. The van der Waals surface area contributed by atoms with E-state index in [-0.39, 0.29) is 5.56 Å². The average molecular weight is 303 g/mol. The van der Waals surface area contributed by atoms with Crippen LogP contribution in [0.4, 0.5) is 0 Å². The smallest absolute Gasteiger partial charge is 0.325 e. The third-order valence-electron chi connectivity index (χ3n) is 4.59. The lowest BCUT2D eigenvalue weighted by Gasteiger charge is -2.38. The molecule has 0 amide bonds. The number of rotatable bonds is 2. The quantitative estimate of drug-likeness (QED) is 0.851. The van der Waals surface area contributed by atoms with Gasteiger partial charge in [0.25, 0.3) is 5.56 Å². The van der Waals surface area contributed by atoms with Crippen LogP contribution in [0.25, 0.3) is 0 Å². The summed E-state index contributed by atoms with van der Waals surface area (Å²) in [5, 5.41) is 0. The lowest BCUT2D eigenvalue weighted by Crippen LogP contribution is -2.45. The van der Waals surface area contributed by atoms with Crippen LogP contribution in [0, 0.1) is 0 Å². The van der Waals surface area contributed by atoms with Crippen molar-refractivity contribution in [1.29, 1.82) is 0 Å². The van der Waals surface area contributed by atoms with Gasteiger partial charge in [-0.25, -0.2) is 4.79 Å². The molecule has 0 radical (unpaired) electrons. The molecule has 2 aromatic heterocycles. The van der Waals surface area contributed by atoms with E-state index in [0.29, 0.717) is 17.9 Å². The highest BCUT2D eigenvalue weighted by molar-refractivity contribution is 5.28. The monoisotopic (exact) mass is 303 g/mol. The topological polar surface area (TPSA) is 91.3 Å². The number of H-pyrrole nitrogens is 2. The van der Waals surface area contributed by atoms with E-state index < -0.39 is 11.3 Å². The van der Waals surface area contributed by atoms with Crippen LogP contribution >= 0.6 is 0 Å². The minimum atomic E-state index is -0.563. The number of hydrogen-bond donors (Lipinski definition) is 2. The van der Waals surface area contributed by atoms with Gasteiger partial charge in [-0.3, -0.25) is 14.7 Å². The van der Waals surface area contributed by atoms with Crippen LogP contribution in [0.3, 0.4) is 0 Å². The van der Waals surface area contributed by atoms with Crippen molar-refractivity contribution in [1.82, 2.24) is 14.9 Å². The van der Waals surface area contributed by atoms with Crippen LogP contribution in [0.15, 0.2) is 32.4 Å². The summed E-state index contributed by atoms with van der Waals surface area (Å²) >= 11 is 0. The van der Waals surface area contributed by atoms with E-state index in [4.69, 9.17) is 9.15 Å². The maximum absolute atomic E-state index is 12.2. The molecule has 1 saturated heterocycles. The molecular formula is C15H17N3O4. The SMILES string of the molecule is O=c1[nH]c2c(c(=O)[nH]1)C1(CCN(Cc3ccco3)CC1)OC2. The Hall–Kier alpha value is -2.12. The first-order valence-corrected chi connectivity index (χ1v) is 7.41. The summed E-state index contributed by atoms with van der Waals surface area (Å²) < 4.78 is 11.3. The first-order chi connectivity index (χ1) is 10.7. The number of aromatic amines is 2. The summed E-state index contributed by atoms with van der Waals surface area (Å²) in [4.78, 5) is 30.8. The van der Waals surface area contributed by atoms with Crippen molar-refractivity contribution in [2.45, 2.75) is 31.6 Å². The van der Waals surface area contributed by atoms with Gasteiger partial charge in [0.15, 0.2) is 0 Å². The van der Waals surface area contributed by atoms with Gasteiger partial charge in [0, 0.05) is 13.1 Å². The maximum atomic E-state index is 12.2. The molecule has 2 aromatic rings. The summed E-state index contributed by atoms with van der Waals surface area (Å²) in [6, 6.07) is 3.84. The largest absolute Gasteiger partial charge is 0.468 e. The van der Waals surface area contributed by atoms with Crippen molar-refractivity contribution in [2.24, 2.45) is 0 Å². The highest BCUT2D eigenvalue weighted by atomic mass is 16.5. The highest BCUT2D eigenvalue weighted by Crippen LogP contribution is 2.41. The van der Waals surface area contributed by atoms with Crippen molar-refractivity contribution in [3.63, 3.8) is 0 Å². The average Bonchev–Trinajstić information content (AvgIpc) is 3.10. The third-order valence-corrected chi connectivity index (χ3v) is 4.59. The fourth-order valence-corrected chi connectivity index (χ4v) is 3.50. The standard InChI is InChI=1S/C15H17N3O4/c19-13-12-11(16-14(20)17-13)9-22-15(12)3-5-18(6-4-15)8-10-2-1-7-21-10/h1-2,7H,3-6,8-9H2,(H2,16,17,19,20). The second-order valence-electron chi connectivity index (χ2n) is 5.90. The molecule has 7 nitrogen and oxygen atoms in total. The molecule has 22 heavy (non-hydrogen) atoms. The fourth-order valence-electron chi connectivity index (χ4n) is 3.50. The number of furan rings is 1. The summed E-state index contributed by atoms with van der Waals surface area (Å²) in [5.41, 5.74) is -0.138. The molecule has 7 heteroatoms. The van der Waals surface area contributed by atoms with Gasteiger partial charge in [-0.15, -0.1) is 0 Å². The third kappa shape index (κ3) is 2.13. The van der Waals surface area contributed by atoms with Gasteiger partial charge in [-0.1, -0.05) is 0 Å². The Morgan fingerprint density at radius 1 is 1.23 bits per heavy atom. The zero-order valence-electron chi connectivity index (χ0n) is 12.1. The number of piperidine rings is 1. The summed E-state index contributed by atoms with van der Waals surface area (Å²) in [6.45, 7) is 2.70. The number of ether oxygens (including phenoxy) is 1. The van der Waals surface area contributed by atoms with E-state index in [2.05, 4.69) is 14.9 Å². The normalized spacial score (nSPS) is 20.4. The van der Waals surface area contributed by atoms with Crippen molar-refractivity contribution >= 4 is 0 Å². The zero-order chi connectivity index (χ0) is 15.2. The van der Waals surface area contributed by atoms with E-state index in [1.54, 1.807) is 6.26 Å². The molecule has 0 atom stereocenters. The van der Waals surface area contributed by atoms with Crippen LogP contribution in [-0.4, -0.2) is 28.0 Å². The van der Waals surface area contributed by atoms with Crippen LogP contribution < -0.4 is 11.2 Å². The van der Waals surface area contributed by atoms with E-state index in [0.717, 1.165) is 38.2 Å². The second kappa shape index (κ2) is 4.96. The number of nitrogens with one attached hydrogen (secondary N) is 2. The lowest BCUT2D eigenvalue weighted by atomic mass is 9.85. The van der Waals surface area contributed by atoms with Gasteiger partial charge in [0.1, 0.15) is 11.4 Å². The van der Waals surface area contributed by atoms with Crippen LogP contribution in [0.2, 0.25) is 0 Å². The number of nitrogens with zero attached hydrogens (tertiary/aromatic N) is 1. The number of aromatic nitrogens is 2. The Kier molecular flexibility index (Phi) is 3.05. The molecule has 4 heterocycles. The van der Waals surface area contributed by atoms with Gasteiger partial charge < -0.3 is 14.1 Å². The van der Waals surface area contributed by atoms with Crippen molar-refractivity contribution in [3.05, 3.63) is 56.3 Å². The zero-order valence-corrected chi connectivity index (χ0v) is 12.1. The van der Waals surface area contributed by atoms with Crippen LogP contribution in [-0.2, 0) is 23.5 Å². The molecular weight excluding hydrogens is 286 g/mol. The Bertz CT molecular complexity index is 782. The van der Waals surface area contributed by atoms with E-state index in [1.807, 2.05) is 12.1 Å². The van der Waals surface area contributed by atoms with Gasteiger partial charge in [-0.05, 0) is 25.0 Å². The minimum Gasteiger partial charge on any atom is -0.468 e. The molecule has 0 aliphatic carbocycles. The van der Waals surface area contributed by atoms with Gasteiger partial charge in [-0.2, -0.15) is 0 Å². The van der Waals surface area contributed by atoms with Crippen molar-refractivity contribution < 1.29 is 9.15 Å². The van der Waals surface area contributed by atoms with Crippen molar-refractivity contribution in [2.75, 3.05) is 13.1 Å². The highest BCUT2D eigenvalue weighted by Gasteiger charge is 2.45. The predicted molar refractivity (Wildman–Crippen MR) is 77.4 cm³/mol. The minimum absolute atomic E-state index is 0.298. The number of fused-ring (bicyclic) bond motifs is 2. The predicted octanol–water partition coefficient (Wildman–Crippen LogP) is 0.678. The molecule has 1 fully saturated rings. The Labute approximate surface area is 125 Å². The molecule has 2 aliphatic rings. The van der Waals surface area contributed by atoms with Crippen LogP contribution in [0.1, 0.15) is 29.9 Å². The summed E-state index contributed by atoms with van der Waals surface area (Å²) in [7, 11) is 0. The Balaban J connectivity index is 1.55. The van der Waals surface area contributed by atoms with E-state index >= 15 is 0 Å². The van der Waals surface area contributed by atoms with E-state index in [9.17, 15) is 9.59 Å². The second-order valence-corrected chi connectivity index (χ2v) is 5.90. The van der Waals surface area contributed by atoms with E-state index in [1.165, 1.54) is 0 Å². The number of likely N-dealkylation sites (tertiary alicyclic amines) is 1. The first-order valence-electron chi connectivity index (χ1n) is 7.41. The van der Waals surface area contributed by atoms with Gasteiger partial charge in [0.2, 0.25) is 0 Å². The molecule has 0 saturated carbocycles. The molecule has 1 spiro atoms. The fraction of sp³-hybridized carbons (Fsp3) is 0.467. The molecule has 116 valence electrons. The summed E-state index contributed by atoms with van der Waals surface area (Å²) in [5.74, 6) is 0.936. The van der Waals surface area contributed by atoms with Gasteiger partial charge in [0.05, 0.1) is 30.7 Å². The Morgan fingerprint density at radius 3 is 2.77 bits per heavy atom.